The molecule has 0 bridgehead atoms. The van der Waals surface area contributed by atoms with Crippen LogP contribution in [0.3, 0.4) is 0 Å². The number of aromatic nitrogens is 2. The van der Waals surface area contributed by atoms with Gasteiger partial charge in [-0.2, -0.15) is 5.26 Å². The van der Waals surface area contributed by atoms with Crippen molar-refractivity contribution in [2.24, 2.45) is 0 Å². The molecule has 0 aromatic carbocycles. The second-order valence-corrected chi connectivity index (χ2v) is 2.47. The number of nitriles is 1. The summed E-state index contributed by atoms with van der Waals surface area (Å²) in [5.74, 6) is 0.574. The van der Waals surface area contributed by atoms with Gasteiger partial charge in [0, 0.05) is 12.7 Å². The average molecular weight is 168 g/mol. The molecule has 0 atom stereocenters. The maximum absolute atomic E-state index is 8.30. The molecule has 0 amide bonds. The minimum atomic E-state index is 0.427. The molecular weight excluding hydrogens is 160 g/mol. The van der Waals surface area contributed by atoms with Crippen molar-refractivity contribution < 1.29 is 0 Å². The first-order chi connectivity index (χ1) is 5.25. The van der Waals surface area contributed by atoms with Crippen LogP contribution in [0.5, 0.6) is 0 Å². The minimum Gasteiger partial charge on any atom is -0.384 e. The highest BCUT2D eigenvalue weighted by Crippen LogP contribution is 2.03. The van der Waals surface area contributed by atoms with Gasteiger partial charge in [-0.3, -0.25) is 0 Å². The third-order valence-electron chi connectivity index (χ3n) is 1.35. The fraction of sp³-hybridized carbons (Fsp3) is 0.333. The third-order valence-corrected chi connectivity index (χ3v) is 1.69. The summed E-state index contributed by atoms with van der Waals surface area (Å²) in [6.45, 7) is 0.560. The number of nitrogens with two attached hydrogens (primary N) is 1. The number of nitrogens with zero attached hydrogens (tertiary/aromatic N) is 2. The van der Waals surface area contributed by atoms with E-state index in [1.54, 1.807) is 10.8 Å². The molecule has 0 saturated carbocycles. The Morgan fingerprint density at radius 1 is 1.82 bits per heavy atom. The van der Waals surface area contributed by atoms with Gasteiger partial charge in [-0.25, -0.2) is 0 Å². The topological polar surface area (TPSA) is 70.5 Å². The SMILES string of the molecule is N#CCCn1c(N)c[nH]c1=S. The van der Waals surface area contributed by atoms with Gasteiger partial charge in [-0.15, -0.1) is 0 Å². The second kappa shape index (κ2) is 3.21. The van der Waals surface area contributed by atoms with Gasteiger partial charge >= 0.3 is 0 Å². The van der Waals surface area contributed by atoms with Crippen molar-refractivity contribution in [3.8, 4) is 6.07 Å². The van der Waals surface area contributed by atoms with E-state index in [0.29, 0.717) is 23.6 Å². The van der Waals surface area contributed by atoms with Gasteiger partial charge in [-0.1, -0.05) is 0 Å². The number of aromatic amines is 1. The molecule has 5 heteroatoms. The molecule has 0 aliphatic heterocycles. The first-order valence-electron chi connectivity index (χ1n) is 3.16. The Morgan fingerprint density at radius 2 is 2.55 bits per heavy atom. The van der Waals surface area contributed by atoms with Crippen LogP contribution in [0.4, 0.5) is 5.82 Å². The lowest BCUT2D eigenvalue weighted by molar-refractivity contribution is 0.713. The summed E-state index contributed by atoms with van der Waals surface area (Å²) >= 11 is 4.90. The van der Waals surface area contributed by atoms with Crippen LogP contribution >= 0.6 is 12.2 Å². The van der Waals surface area contributed by atoms with Gasteiger partial charge in [0.2, 0.25) is 0 Å². The van der Waals surface area contributed by atoms with E-state index < -0.39 is 0 Å². The fourth-order valence-corrected chi connectivity index (χ4v) is 1.06. The molecule has 11 heavy (non-hydrogen) atoms. The van der Waals surface area contributed by atoms with Crippen LogP contribution in [0.2, 0.25) is 0 Å². The van der Waals surface area contributed by atoms with Gasteiger partial charge in [0.1, 0.15) is 5.82 Å². The predicted octanol–water partition coefficient (Wildman–Crippen LogP) is 1.04. The summed E-state index contributed by atoms with van der Waals surface area (Å²) in [6.07, 6.45) is 2.05. The Balaban J connectivity index is 2.86. The second-order valence-electron chi connectivity index (χ2n) is 2.08. The zero-order chi connectivity index (χ0) is 8.27. The molecule has 0 aliphatic carbocycles. The Kier molecular flexibility index (Phi) is 2.28. The smallest absolute Gasteiger partial charge is 0.178 e. The Morgan fingerprint density at radius 3 is 3.00 bits per heavy atom. The van der Waals surface area contributed by atoms with E-state index in [9.17, 15) is 0 Å². The first-order valence-corrected chi connectivity index (χ1v) is 3.57. The van der Waals surface area contributed by atoms with Crippen LogP contribution in [0.15, 0.2) is 6.20 Å². The van der Waals surface area contributed by atoms with Crippen molar-refractivity contribution in [3.63, 3.8) is 0 Å². The maximum atomic E-state index is 8.30. The predicted molar refractivity (Wildman–Crippen MR) is 44.3 cm³/mol. The van der Waals surface area contributed by atoms with E-state index in [1.165, 1.54) is 0 Å². The molecule has 58 valence electrons. The molecular formula is C6H8N4S. The summed E-state index contributed by atoms with van der Waals surface area (Å²) in [4.78, 5) is 2.79. The Labute approximate surface area is 69.3 Å². The van der Waals surface area contributed by atoms with Crippen molar-refractivity contribution in [1.82, 2.24) is 9.55 Å². The van der Waals surface area contributed by atoms with Crippen molar-refractivity contribution in [2.45, 2.75) is 13.0 Å². The fourth-order valence-electron chi connectivity index (χ4n) is 0.801. The molecule has 1 rings (SSSR count). The van der Waals surface area contributed by atoms with E-state index >= 15 is 0 Å². The monoisotopic (exact) mass is 168 g/mol. The number of rotatable bonds is 2. The van der Waals surface area contributed by atoms with Gasteiger partial charge in [-0.05, 0) is 12.2 Å². The molecule has 0 unspecified atom stereocenters. The van der Waals surface area contributed by atoms with Gasteiger partial charge in [0.15, 0.2) is 4.77 Å². The van der Waals surface area contributed by atoms with Crippen LogP contribution in [0.1, 0.15) is 6.42 Å². The zero-order valence-corrected chi connectivity index (χ0v) is 6.69. The van der Waals surface area contributed by atoms with E-state index in [0.717, 1.165) is 0 Å². The Hall–Kier alpha value is -1.28. The van der Waals surface area contributed by atoms with Gasteiger partial charge < -0.3 is 15.3 Å². The number of nitrogens with one attached hydrogen (secondary N) is 1. The van der Waals surface area contributed by atoms with Crippen LogP contribution < -0.4 is 5.73 Å². The van der Waals surface area contributed by atoms with E-state index in [-0.39, 0.29) is 0 Å². The Bertz CT molecular complexity index is 329. The lowest BCUT2D eigenvalue weighted by Gasteiger charge is -1.98. The van der Waals surface area contributed by atoms with Crippen LogP contribution in [-0.2, 0) is 6.54 Å². The summed E-state index contributed by atoms with van der Waals surface area (Å²) < 4.78 is 2.26. The summed E-state index contributed by atoms with van der Waals surface area (Å²) in [7, 11) is 0. The van der Waals surface area contributed by atoms with Gasteiger partial charge in [0.25, 0.3) is 0 Å². The van der Waals surface area contributed by atoms with Gasteiger partial charge in [0.05, 0.1) is 12.5 Å². The number of nitrogen functional groups attached to an aromatic ring is 1. The lowest BCUT2D eigenvalue weighted by atomic mass is 10.4. The van der Waals surface area contributed by atoms with Crippen molar-refractivity contribution in [1.29, 1.82) is 5.26 Å². The molecule has 0 aliphatic rings. The van der Waals surface area contributed by atoms with Crippen LogP contribution in [0, 0.1) is 16.1 Å². The molecule has 1 heterocycles. The molecule has 4 nitrogen and oxygen atoms in total. The largest absolute Gasteiger partial charge is 0.384 e. The standard InChI is InChI=1S/C6H8N4S/c7-2-1-3-10-5(8)4-9-6(10)11/h4H,1,3,8H2,(H,9,11). The molecule has 0 fully saturated rings. The zero-order valence-electron chi connectivity index (χ0n) is 5.87. The minimum absolute atomic E-state index is 0.427. The van der Waals surface area contributed by atoms with Crippen molar-refractivity contribution in [3.05, 3.63) is 11.0 Å². The number of H-pyrrole nitrogens is 1. The molecule has 3 N–H and O–H groups in total. The molecule has 1 aromatic rings. The van der Waals surface area contributed by atoms with Crippen LogP contribution in [0.25, 0.3) is 0 Å². The van der Waals surface area contributed by atoms with Crippen LogP contribution in [-0.4, -0.2) is 9.55 Å². The van der Waals surface area contributed by atoms with Crippen molar-refractivity contribution in [2.75, 3.05) is 5.73 Å². The summed E-state index contributed by atoms with van der Waals surface area (Å²) in [6, 6.07) is 2.02. The quantitative estimate of drug-likeness (QED) is 0.648. The number of anilines is 1. The average Bonchev–Trinajstić information content (AvgIpc) is 2.29. The molecule has 0 saturated heterocycles. The normalized spacial score (nSPS) is 9.36. The number of hydrogen-bond donors (Lipinski definition) is 2. The third kappa shape index (κ3) is 1.59. The maximum Gasteiger partial charge on any atom is 0.178 e. The summed E-state index contributed by atoms with van der Waals surface area (Å²) in [5, 5.41) is 8.30. The van der Waals surface area contributed by atoms with E-state index in [2.05, 4.69) is 4.98 Å². The molecule has 1 aromatic heterocycles. The molecule has 0 spiro atoms. The highest BCUT2D eigenvalue weighted by atomic mass is 32.1. The highest BCUT2D eigenvalue weighted by Gasteiger charge is 1.97. The lowest BCUT2D eigenvalue weighted by Crippen LogP contribution is -2.01. The van der Waals surface area contributed by atoms with E-state index in [1.807, 2.05) is 6.07 Å². The number of hydrogen-bond acceptors (Lipinski definition) is 3. The first kappa shape index (κ1) is 7.82. The summed E-state index contributed by atoms with van der Waals surface area (Å²) in [5.41, 5.74) is 5.54. The number of imidazole rings is 1. The van der Waals surface area contributed by atoms with E-state index in [4.69, 9.17) is 23.2 Å². The molecule has 0 radical (unpaired) electrons. The highest BCUT2D eigenvalue weighted by molar-refractivity contribution is 7.71. The van der Waals surface area contributed by atoms with Crippen molar-refractivity contribution >= 4 is 18.0 Å².